The van der Waals surface area contributed by atoms with Gasteiger partial charge in [-0.3, -0.25) is 0 Å². The molecule has 19 heavy (non-hydrogen) atoms. The second kappa shape index (κ2) is 5.42. The van der Waals surface area contributed by atoms with Crippen LogP contribution < -0.4 is 10.5 Å². The molecule has 0 aliphatic carbocycles. The Balaban J connectivity index is 2.19. The molecule has 2 aromatic carbocycles. The first-order chi connectivity index (χ1) is 8.99. The largest absolute Gasteiger partial charge is 0.399 e. The van der Waals surface area contributed by atoms with E-state index < -0.39 is 10.0 Å². The summed E-state index contributed by atoms with van der Waals surface area (Å²) >= 11 is 0. The summed E-state index contributed by atoms with van der Waals surface area (Å²) in [5.41, 5.74) is 7.13. The molecule has 100 valence electrons. The monoisotopic (exact) mass is 276 g/mol. The van der Waals surface area contributed by atoms with E-state index in [0.717, 1.165) is 5.56 Å². The van der Waals surface area contributed by atoms with Crippen molar-refractivity contribution in [2.45, 2.75) is 17.9 Å². The van der Waals surface area contributed by atoms with Gasteiger partial charge in [0.25, 0.3) is 0 Å². The second-order valence-corrected chi connectivity index (χ2v) is 6.04. The van der Waals surface area contributed by atoms with Gasteiger partial charge >= 0.3 is 0 Å². The van der Waals surface area contributed by atoms with E-state index in [1.807, 2.05) is 12.1 Å². The number of anilines is 1. The third-order valence-corrected chi connectivity index (χ3v) is 4.38. The van der Waals surface area contributed by atoms with Gasteiger partial charge in [-0.15, -0.1) is 0 Å². The maximum atomic E-state index is 12.1. The highest BCUT2D eigenvalue weighted by Gasteiger charge is 2.17. The molecule has 1 atom stereocenters. The topological polar surface area (TPSA) is 72.2 Å². The number of sulfonamides is 1. The Hall–Kier alpha value is -1.85. The molecule has 0 heterocycles. The van der Waals surface area contributed by atoms with Crippen LogP contribution in [0, 0.1) is 0 Å². The average molecular weight is 276 g/mol. The Labute approximate surface area is 113 Å². The van der Waals surface area contributed by atoms with E-state index in [-0.39, 0.29) is 10.9 Å². The molecule has 0 bridgehead atoms. The summed E-state index contributed by atoms with van der Waals surface area (Å²) in [4.78, 5) is 0.261. The highest BCUT2D eigenvalue weighted by atomic mass is 32.2. The molecule has 2 rings (SSSR count). The minimum absolute atomic E-state index is 0.261. The molecule has 3 N–H and O–H groups in total. The molecule has 0 amide bonds. The maximum absolute atomic E-state index is 12.1. The first-order valence-corrected chi connectivity index (χ1v) is 7.40. The van der Waals surface area contributed by atoms with Crippen molar-refractivity contribution in [3.05, 3.63) is 60.2 Å². The zero-order valence-electron chi connectivity index (χ0n) is 10.6. The maximum Gasteiger partial charge on any atom is 0.241 e. The summed E-state index contributed by atoms with van der Waals surface area (Å²) in [7, 11) is -3.50. The Bertz CT molecular complexity index is 637. The molecule has 0 aliphatic heterocycles. The van der Waals surface area contributed by atoms with E-state index in [1.165, 1.54) is 0 Å². The van der Waals surface area contributed by atoms with Crippen LogP contribution in [0.15, 0.2) is 59.5 Å². The summed E-state index contributed by atoms with van der Waals surface area (Å²) in [6.45, 7) is 1.80. The lowest BCUT2D eigenvalue weighted by molar-refractivity contribution is 0.567. The number of nitrogens with one attached hydrogen (secondary N) is 1. The Kier molecular flexibility index (Phi) is 3.87. The fourth-order valence-electron chi connectivity index (χ4n) is 1.75. The van der Waals surface area contributed by atoms with Crippen LogP contribution in [0.25, 0.3) is 0 Å². The van der Waals surface area contributed by atoms with Crippen LogP contribution in [0.2, 0.25) is 0 Å². The van der Waals surface area contributed by atoms with Crippen molar-refractivity contribution in [2.24, 2.45) is 0 Å². The fourth-order valence-corrected chi connectivity index (χ4v) is 3.01. The van der Waals surface area contributed by atoms with Crippen molar-refractivity contribution in [1.29, 1.82) is 0 Å². The van der Waals surface area contributed by atoms with Crippen LogP contribution in [-0.2, 0) is 10.0 Å². The molecule has 0 spiro atoms. The summed E-state index contributed by atoms with van der Waals surface area (Å²) in [5.74, 6) is 0. The fraction of sp³-hybridized carbons (Fsp3) is 0.143. The van der Waals surface area contributed by atoms with Crippen LogP contribution in [0.5, 0.6) is 0 Å². The smallest absolute Gasteiger partial charge is 0.241 e. The van der Waals surface area contributed by atoms with Gasteiger partial charge in [-0.2, -0.15) is 0 Å². The first kappa shape index (κ1) is 13.6. The zero-order valence-corrected chi connectivity index (χ0v) is 11.4. The van der Waals surface area contributed by atoms with Crippen LogP contribution in [0.1, 0.15) is 18.5 Å². The second-order valence-electron chi connectivity index (χ2n) is 4.32. The van der Waals surface area contributed by atoms with Gasteiger partial charge < -0.3 is 5.73 Å². The zero-order chi connectivity index (χ0) is 13.9. The molecule has 0 radical (unpaired) electrons. The van der Waals surface area contributed by atoms with Gasteiger partial charge in [-0.1, -0.05) is 30.3 Å². The van der Waals surface area contributed by atoms with Gasteiger partial charge in [0.2, 0.25) is 10.0 Å². The third kappa shape index (κ3) is 3.33. The van der Waals surface area contributed by atoms with E-state index in [0.29, 0.717) is 5.69 Å². The summed E-state index contributed by atoms with van der Waals surface area (Å²) < 4.78 is 26.9. The Morgan fingerprint density at radius 2 is 1.58 bits per heavy atom. The molecular formula is C14H16N2O2S. The summed E-state index contributed by atoms with van der Waals surface area (Å²) in [6, 6.07) is 15.1. The highest BCUT2D eigenvalue weighted by molar-refractivity contribution is 7.89. The predicted octanol–water partition coefficient (Wildman–Crippen LogP) is 2.31. The van der Waals surface area contributed by atoms with E-state index in [2.05, 4.69) is 4.72 Å². The first-order valence-electron chi connectivity index (χ1n) is 5.92. The van der Waals surface area contributed by atoms with Crippen molar-refractivity contribution in [1.82, 2.24) is 4.72 Å². The summed E-state index contributed by atoms with van der Waals surface area (Å²) in [6.07, 6.45) is 0. The van der Waals surface area contributed by atoms with E-state index in [9.17, 15) is 8.42 Å². The Morgan fingerprint density at radius 1 is 1.00 bits per heavy atom. The van der Waals surface area contributed by atoms with Crippen molar-refractivity contribution in [2.75, 3.05) is 5.73 Å². The van der Waals surface area contributed by atoms with Crippen LogP contribution in [0.3, 0.4) is 0 Å². The predicted molar refractivity (Wildman–Crippen MR) is 76.0 cm³/mol. The van der Waals surface area contributed by atoms with Crippen LogP contribution in [-0.4, -0.2) is 8.42 Å². The number of hydrogen-bond acceptors (Lipinski definition) is 3. The van der Waals surface area contributed by atoms with Gasteiger partial charge in [0.05, 0.1) is 4.90 Å². The van der Waals surface area contributed by atoms with Crippen molar-refractivity contribution < 1.29 is 8.42 Å². The normalized spacial score (nSPS) is 13.1. The number of hydrogen-bond donors (Lipinski definition) is 2. The van der Waals surface area contributed by atoms with Crippen molar-refractivity contribution >= 4 is 15.7 Å². The summed E-state index contributed by atoms with van der Waals surface area (Å²) in [5, 5.41) is 0. The Morgan fingerprint density at radius 3 is 2.16 bits per heavy atom. The molecule has 4 nitrogen and oxygen atoms in total. The lowest BCUT2D eigenvalue weighted by atomic mass is 10.1. The van der Waals surface area contributed by atoms with Gasteiger partial charge in [0.15, 0.2) is 0 Å². The quantitative estimate of drug-likeness (QED) is 0.842. The third-order valence-electron chi connectivity index (χ3n) is 2.82. The molecular weight excluding hydrogens is 260 g/mol. The number of nitrogen functional groups attached to an aromatic ring is 1. The molecule has 5 heteroatoms. The highest BCUT2D eigenvalue weighted by Crippen LogP contribution is 2.17. The van der Waals surface area contributed by atoms with Gasteiger partial charge in [-0.05, 0) is 36.8 Å². The average Bonchev–Trinajstić information content (AvgIpc) is 2.40. The van der Waals surface area contributed by atoms with Gasteiger partial charge in [0, 0.05) is 11.7 Å². The van der Waals surface area contributed by atoms with Crippen molar-refractivity contribution in [3.63, 3.8) is 0 Å². The molecule has 0 saturated carbocycles. The van der Waals surface area contributed by atoms with E-state index in [4.69, 9.17) is 5.73 Å². The van der Waals surface area contributed by atoms with Gasteiger partial charge in [0.1, 0.15) is 0 Å². The van der Waals surface area contributed by atoms with E-state index >= 15 is 0 Å². The molecule has 2 aromatic rings. The molecule has 0 fully saturated rings. The molecule has 1 unspecified atom stereocenters. The number of benzene rings is 2. The van der Waals surface area contributed by atoms with Crippen molar-refractivity contribution in [3.8, 4) is 0 Å². The molecule has 0 saturated heterocycles. The van der Waals surface area contributed by atoms with Gasteiger partial charge in [-0.25, -0.2) is 13.1 Å². The lowest BCUT2D eigenvalue weighted by Gasteiger charge is -2.14. The molecule has 0 aliphatic rings. The minimum Gasteiger partial charge on any atom is -0.399 e. The number of rotatable bonds is 4. The lowest BCUT2D eigenvalue weighted by Crippen LogP contribution is -2.26. The van der Waals surface area contributed by atoms with E-state index in [1.54, 1.807) is 49.4 Å². The number of nitrogens with two attached hydrogens (primary N) is 1. The standard InChI is InChI=1S/C14H16N2O2S/c1-11(12-7-9-13(15)10-8-12)16-19(17,18)14-5-3-2-4-6-14/h2-11,16H,15H2,1H3. The SMILES string of the molecule is CC(NS(=O)(=O)c1ccccc1)c1ccc(N)cc1. The minimum atomic E-state index is -3.50. The molecule has 0 aromatic heterocycles. The van der Waals surface area contributed by atoms with Crippen LogP contribution in [0.4, 0.5) is 5.69 Å². The van der Waals surface area contributed by atoms with Crippen LogP contribution >= 0.6 is 0 Å².